The van der Waals surface area contributed by atoms with Crippen molar-refractivity contribution in [1.29, 1.82) is 0 Å². The second-order valence-electron chi connectivity index (χ2n) is 8.51. The number of phenols is 1. The van der Waals surface area contributed by atoms with Gasteiger partial charge in [0, 0.05) is 34.0 Å². The number of phenolic OH excluding ortho intramolecular Hbond substituents is 1. The third-order valence-electron chi connectivity index (χ3n) is 5.44. The zero-order chi connectivity index (χ0) is 30.3. The molecule has 40 heavy (non-hydrogen) atoms. The number of nitrogens with zero attached hydrogens (tertiary/aromatic N) is 2. The number of carboxylic acids is 1. The smallest absolute Gasteiger partial charge is 0.319 e. The predicted molar refractivity (Wildman–Crippen MR) is 160 cm³/mol. The number of carbonyl (C=O) groups excluding carboxylic acids is 1. The molecule has 8 heteroatoms. The number of carboxylic acid groups (broad SMARTS) is 1. The van der Waals surface area contributed by atoms with Gasteiger partial charge in [-0.05, 0) is 42.7 Å². The molecular weight excluding hydrogens is 511 g/mol. The fraction of sp³-hybridized carbons (Fsp3) is 0.375. The third-order valence-corrected chi connectivity index (χ3v) is 5.44. The minimum absolute atomic E-state index is 0.0947. The second kappa shape index (κ2) is 21.8. The first-order valence-corrected chi connectivity index (χ1v) is 13.5. The number of allylic oxidation sites excluding steroid dienone is 6. The van der Waals surface area contributed by atoms with Gasteiger partial charge >= 0.3 is 6.03 Å². The van der Waals surface area contributed by atoms with Crippen molar-refractivity contribution in [3.8, 4) is 11.5 Å². The van der Waals surface area contributed by atoms with Gasteiger partial charge < -0.3 is 24.7 Å². The number of hydrogen-bond acceptors (Lipinski definition) is 4. The van der Waals surface area contributed by atoms with Crippen LogP contribution >= 0.6 is 0 Å². The molecule has 2 N–H and O–H groups in total. The quantitative estimate of drug-likeness (QED) is 0.410. The molecule has 1 aliphatic carbocycles. The molecule has 0 bridgehead atoms. The summed E-state index contributed by atoms with van der Waals surface area (Å²) >= 11 is 0. The summed E-state index contributed by atoms with van der Waals surface area (Å²) in [5.41, 5.74) is 1.31. The number of aromatic hydroxyl groups is 1. The van der Waals surface area contributed by atoms with Gasteiger partial charge in [0.05, 0.1) is 12.6 Å². The number of para-hydroxylation sites is 1. The van der Waals surface area contributed by atoms with Crippen LogP contribution in [0.5, 0.6) is 11.5 Å². The molecule has 4 rings (SSSR count). The predicted octanol–water partition coefficient (Wildman–Crippen LogP) is 7.09. The number of benzene rings is 2. The Morgan fingerprint density at radius 2 is 1.55 bits per heavy atom. The van der Waals surface area contributed by atoms with E-state index in [0.29, 0.717) is 6.61 Å². The number of amides is 2. The van der Waals surface area contributed by atoms with Gasteiger partial charge in [-0.2, -0.15) is 0 Å². The molecule has 0 saturated carbocycles. The molecule has 0 radical (unpaired) electrons. The Balaban J connectivity index is 0.000000594. The third kappa shape index (κ3) is 16.0. The highest BCUT2D eigenvalue weighted by atomic mass is 19.1. The summed E-state index contributed by atoms with van der Waals surface area (Å²) in [6.07, 6.45) is 15.4. The maximum Gasteiger partial charge on any atom is 0.319 e. The summed E-state index contributed by atoms with van der Waals surface area (Å²) in [7, 11) is 3.69. The van der Waals surface area contributed by atoms with Gasteiger partial charge in [0.1, 0.15) is 5.75 Å². The maximum absolute atomic E-state index is 12.1. The average Bonchev–Trinajstić information content (AvgIpc) is 3.16. The monoisotopic (exact) mass is 556 g/mol. The number of aliphatic carboxylic acids is 1. The number of aryl methyl sites for hydroxylation is 1. The Labute approximate surface area is 238 Å². The Bertz CT molecular complexity index is 1030. The van der Waals surface area contributed by atoms with Gasteiger partial charge in [0.2, 0.25) is 0 Å². The first-order chi connectivity index (χ1) is 19.1. The molecule has 0 unspecified atom stereocenters. The molecule has 0 aromatic heterocycles. The molecule has 1 aliphatic heterocycles. The van der Waals surface area contributed by atoms with Crippen LogP contribution in [0.2, 0.25) is 0 Å². The van der Waals surface area contributed by atoms with Crippen LogP contribution < -0.4 is 4.74 Å². The fourth-order valence-corrected chi connectivity index (χ4v) is 3.33. The molecule has 7 nitrogen and oxygen atoms in total. The minimum Gasteiger partial charge on any atom is -0.505 e. The molecule has 2 aromatic rings. The number of carbonyl (C=O) groups is 2. The van der Waals surface area contributed by atoms with Gasteiger partial charge in [-0.25, -0.2) is 9.18 Å². The van der Waals surface area contributed by atoms with E-state index in [1.807, 2.05) is 52.2 Å². The van der Waals surface area contributed by atoms with Gasteiger partial charge in [-0.3, -0.25) is 4.79 Å². The Morgan fingerprint density at radius 3 is 1.98 bits per heavy atom. The zero-order valence-electron chi connectivity index (χ0n) is 24.6. The van der Waals surface area contributed by atoms with Crippen molar-refractivity contribution < 1.29 is 28.9 Å². The summed E-state index contributed by atoms with van der Waals surface area (Å²) in [6, 6.07) is 14.1. The highest BCUT2D eigenvalue weighted by Crippen LogP contribution is 2.17. The van der Waals surface area contributed by atoms with Crippen LogP contribution in [0, 0.1) is 5.82 Å². The van der Waals surface area contributed by atoms with Gasteiger partial charge in [-0.1, -0.05) is 81.5 Å². The molecule has 1 fully saturated rings. The van der Waals surface area contributed by atoms with Gasteiger partial charge in [0.25, 0.3) is 5.97 Å². The Morgan fingerprint density at radius 1 is 1.00 bits per heavy atom. The van der Waals surface area contributed by atoms with Crippen LogP contribution in [-0.4, -0.2) is 65.3 Å². The van der Waals surface area contributed by atoms with Crippen molar-refractivity contribution >= 4 is 12.0 Å². The first-order valence-electron chi connectivity index (χ1n) is 13.5. The first kappa shape index (κ1) is 35.9. The lowest BCUT2D eigenvalue weighted by Crippen LogP contribution is -2.31. The topological polar surface area (TPSA) is 90.3 Å². The normalized spacial score (nSPS) is 14.7. The summed E-state index contributed by atoms with van der Waals surface area (Å²) in [5.74, 6) is -0.808. The van der Waals surface area contributed by atoms with E-state index in [0.717, 1.165) is 38.5 Å². The van der Waals surface area contributed by atoms with Crippen LogP contribution in [0.25, 0.3) is 0 Å². The Kier molecular flexibility index (Phi) is 19.6. The lowest BCUT2D eigenvalue weighted by molar-refractivity contribution is -0.134. The standard InChI is InChI=1S/C15H22N2O2.C7H8.C6H5FO.C2H4O2.C2H6/c1-4-12-5-7-14(8-6-12)19-10-9-13-11-16(2)15(18)17(13)3;1-2-4-6-7-5-3-1;7-5-3-1-2-4-6(5)8;1-2(3)4;1-2/h5-8,13H,4,9-11H2,1-3H3;1-6H,7H2;1-4,8H;1H3,(H,3,4);1-2H3/t13-;;;;/m0..../s1. The molecule has 1 saturated heterocycles. The Hall–Kier alpha value is -4.07. The van der Waals surface area contributed by atoms with E-state index in [1.165, 1.54) is 23.8 Å². The van der Waals surface area contributed by atoms with Crippen LogP contribution in [0.1, 0.15) is 46.1 Å². The number of likely N-dealkylation sites (N-methyl/N-ethyl adjacent to an activating group) is 2. The van der Waals surface area contributed by atoms with Crippen LogP contribution in [0.4, 0.5) is 9.18 Å². The highest BCUT2D eigenvalue weighted by molar-refractivity contribution is 5.76. The molecule has 0 spiro atoms. The lowest BCUT2D eigenvalue weighted by atomic mass is 10.2. The van der Waals surface area contributed by atoms with Crippen LogP contribution in [-0.2, 0) is 11.2 Å². The van der Waals surface area contributed by atoms with Crippen molar-refractivity contribution in [2.24, 2.45) is 0 Å². The van der Waals surface area contributed by atoms with Crippen molar-refractivity contribution in [3.63, 3.8) is 0 Å². The van der Waals surface area contributed by atoms with E-state index in [-0.39, 0.29) is 17.8 Å². The van der Waals surface area contributed by atoms with Crippen LogP contribution in [0.15, 0.2) is 85.0 Å². The van der Waals surface area contributed by atoms with Crippen LogP contribution in [0.3, 0.4) is 0 Å². The zero-order valence-corrected chi connectivity index (χ0v) is 24.6. The molecule has 2 amide bonds. The molecule has 1 atom stereocenters. The van der Waals surface area contributed by atoms with Gasteiger partial charge in [-0.15, -0.1) is 0 Å². The van der Waals surface area contributed by atoms with Crippen molar-refractivity contribution in [2.75, 3.05) is 27.2 Å². The fourth-order valence-electron chi connectivity index (χ4n) is 3.33. The maximum atomic E-state index is 12.1. The van der Waals surface area contributed by atoms with Crippen molar-refractivity contribution in [1.82, 2.24) is 9.80 Å². The minimum atomic E-state index is -0.833. The highest BCUT2D eigenvalue weighted by Gasteiger charge is 2.31. The van der Waals surface area contributed by atoms with E-state index >= 15 is 0 Å². The lowest BCUT2D eigenvalue weighted by Gasteiger charge is -2.17. The average molecular weight is 557 g/mol. The van der Waals surface area contributed by atoms with Crippen molar-refractivity contribution in [2.45, 2.75) is 53.0 Å². The number of rotatable bonds is 5. The number of hydrogen-bond donors (Lipinski definition) is 2. The SMILES string of the molecule is C1=CC=CCC=C1.CC.CC(=O)O.CCc1ccc(OCC[C@H]2CN(C)C(=O)N2C)cc1.Oc1ccccc1F. The van der Waals surface area contributed by atoms with E-state index in [1.54, 1.807) is 15.9 Å². The summed E-state index contributed by atoms with van der Waals surface area (Å²) in [4.78, 5) is 24.2. The molecule has 1 heterocycles. The number of ether oxygens (including phenoxy) is 1. The number of urea groups is 1. The molecule has 2 aliphatic rings. The van der Waals surface area contributed by atoms with E-state index in [4.69, 9.17) is 19.7 Å². The summed E-state index contributed by atoms with van der Waals surface area (Å²) in [5, 5.41) is 16.0. The molecule has 220 valence electrons. The molecule has 2 aromatic carbocycles. The van der Waals surface area contributed by atoms with E-state index in [9.17, 15) is 9.18 Å². The number of halogens is 1. The second-order valence-corrected chi connectivity index (χ2v) is 8.51. The van der Waals surface area contributed by atoms with Crippen molar-refractivity contribution in [3.05, 3.63) is 96.4 Å². The largest absolute Gasteiger partial charge is 0.505 e. The summed E-state index contributed by atoms with van der Waals surface area (Å²) < 4.78 is 17.8. The summed E-state index contributed by atoms with van der Waals surface area (Å²) in [6.45, 7) is 8.65. The molecular formula is C32H45FN2O5. The van der Waals surface area contributed by atoms with E-state index in [2.05, 4.69) is 43.4 Å². The van der Waals surface area contributed by atoms with Gasteiger partial charge in [0.15, 0.2) is 11.6 Å². The van der Waals surface area contributed by atoms with E-state index < -0.39 is 11.8 Å².